The van der Waals surface area contributed by atoms with Crippen LogP contribution in [0.1, 0.15) is 32.8 Å². The number of hydrogen-bond donors (Lipinski definition) is 1. The third-order valence-corrected chi connectivity index (χ3v) is 3.45. The molecular weight excluding hydrogens is 253 g/mol. The van der Waals surface area contributed by atoms with E-state index >= 15 is 0 Å². The van der Waals surface area contributed by atoms with Crippen LogP contribution in [0.3, 0.4) is 0 Å². The molecule has 3 heteroatoms. The Labute approximate surface area is 112 Å². The predicted octanol–water partition coefficient (Wildman–Crippen LogP) is 5.45. The van der Waals surface area contributed by atoms with Crippen LogP contribution >= 0.6 is 23.2 Å². The summed E-state index contributed by atoms with van der Waals surface area (Å²) in [5.74, 6) is 0. The van der Waals surface area contributed by atoms with Gasteiger partial charge in [-0.3, -0.25) is 0 Å². The Morgan fingerprint density at radius 3 is 2.53 bits per heavy atom. The Kier molecular flexibility index (Phi) is 3.42. The molecule has 0 amide bonds. The number of benzene rings is 1. The van der Waals surface area contributed by atoms with Crippen LogP contribution in [0.5, 0.6) is 0 Å². The molecule has 0 atom stereocenters. The van der Waals surface area contributed by atoms with Crippen LogP contribution in [0.15, 0.2) is 18.3 Å². The molecule has 1 aromatic carbocycles. The van der Waals surface area contributed by atoms with Gasteiger partial charge in [0.25, 0.3) is 0 Å². The quantitative estimate of drug-likeness (QED) is 0.746. The van der Waals surface area contributed by atoms with Crippen LogP contribution in [0.4, 0.5) is 0 Å². The maximum absolute atomic E-state index is 6.15. The predicted molar refractivity (Wildman–Crippen MR) is 76.1 cm³/mol. The van der Waals surface area contributed by atoms with E-state index < -0.39 is 0 Å². The largest absolute Gasteiger partial charge is 0.360 e. The number of hydrogen-bond acceptors (Lipinski definition) is 0. The second-order valence-corrected chi connectivity index (χ2v) is 6.53. The summed E-state index contributed by atoms with van der Waals surface area (Å²) in [6.07, 6.45) is 4.23. The number of halogens is 2. The van der Waals surface area contributed by atoms with Crippen LogP contribution in [0.2, 0.25) is 10.0 Å². The topological polar surface area (TPSA) is 15.8 Å². The van der Waals surface area contributed by atoms with Crippen molar-refractivity contribution in [2.24, 2.45) is 5.41 Å². The van der Waals surface area contributed by atoms with Crippen molar-refractivity contribution in [3.05, 3.63) is 33.9 Å². The summed E-state index contributed by atoms with van der Waals surface area (Å²) < 4.78 is 0. The SMILES string of the molecule is CC(C)(C)CCc1c[nH]c2c(Cl)cc(Cl)cc12. The highest BCUT2D eigenvalue weighted by atomic mass is 35.5. The van der Waals surface area contributed by atoms with E-state index in [1.54, 1.807) is 6.07 Å². The van der Waals surface area contributed by atoms with Gasteiger partial charge in [-0.15, -0.1) is 0 Å². The Bertz CT molecular complexity index is 535. The average molecular weight is 270 g/mol. The molecule has 2 aromatic rings. The molecule has 2 rings (SSSR count). The highest BCUT2D eigenvalue weighted by molar-refractivity contribution is 6.38. The molecule has 0 saturated carbocycles. The van der Waals surface area contributed by atoms with Crippen molar-refractivity contribution < 1.29 is 0 Å². The Morgan fingerprint density at radius 1 is 1.18 bits per heavy atom. The van der Waals surface area contributed by atoms with Crippen LogP contribution < -0.4 is 0 Å². The van der Waals surface area contributed by atoms with Crippen LogP contribution in [0, 0.1) is 5.41 Å². The lowest BCUT2D eigenvalue weighted by Gasteiger charge is -2.17. The van der Waals surface area contributed by atoms with Crippen LogP contribution in [-0.4, -0.2) is 4.98 Å². The van der Waals surface area contributed by atoms with E-state index in [-0.39, 0.29) is 0 Å². The Hall–Kier alpha value is -0.660. The van der Waals surface area contributed by atoms with Gasteiger partial charge in [-0.1, -0.05) is 44.0 Å². The molecule has 1 N–H and O–H groups in total. The summed E-state index contributed by atoms with van der Waals surface area (Å²) in [6, 6.07) is 3.76. The summed E-state index contributed by atoms with van der Waals surface area (Å²) in [5.41, 5.74) is 2.62. The smallest absolute Gasteiger partial charge is 0.0661 e. The lowest BCUT2D eigenvalue weighted by molar-refractivity contribution is 0.379. The van der Waals surface area contributed by atoms with Gasteiger partial charge in [0.05, 0.1) is 10.5 Å². The summed E-state index contributed by atoms with van der Waals surface area (Å²) in [7, 11) is 0. The van der Waals surface area contributed by atoms with Crippen molar-refractivity contribution in [1.29, 1.82) is 0 Å². The van der Waals surface area contributed by atoms with E-state index in [0.29, 0.717) is 15.5 Å². The van der Waals surface area contributed by atoms with Crippen molar-refractivity contribution in [3.8, 4) is 0 Å². The molecule has 0 fully saturated rings. The molecule has 0 radical (unpaired) electrons. The molecule has 0 bridgehead atoms. The van der Waals surface area contributed by atoms with Crippen molar-refractivity contribution in [2.75, 3.05) is 0 Å². The van der Waals surface area contributed by atoms with Gasteiger partial charge in [-0.2, -0.15) is 0 Å². The minimum atomic E-state index is 0.339. The first kappa shape index (κ1) is 12.8. The second-order valence-electron chi connectivity index (χ2n) is 5.68. The standard InChI is InChI=1S/C14H17Cl2N/c1-14(2,3)5-4-9-8-17-13-11(9)6-10(15)7-12(13)16/h6-8,17H,4-5H2,1-3H3. The molecule has 0 aliphatic rings. The highest BCUT2D eigenvalue weighted by Gasteiger charge is 2.13. The normalized spacial score (nSPS) is 12.3. The zero-order chi connectivity index (χ0) is 12.6. The summed E-state index contributed by atoms with van der Waals surface area (Å²) in [5, 5.41) is 2.53. The van der Waals surface area contributed by atoms with Crippen molar-refractivity contribution >= 4 is 34.1 Å². The fourth-order valence-corrected chi connectivity index (χ4v) is 2.48. The lowest BCUT2D eigenvalue weighted by atomic mass is 9.89. The second kappa shape index (κ2) is 4.55. The zero-order valence-corrected chi connectivity index (χ0v) is 11.9. The number of aryl methyl sites for hydroxylation is 1. The van der Waals surface area contributed by atoms with Gasteiger partial charge in [0.15, 0.2) is 0 Å². The van der Waals surface area contributed by atoms with Gasteiger partial charge < -0.3 is 4.98 Å². The molecule has 0 unspecified atom stereocenters. The molecular formula is C14H17Cl2N. The molecule has 1 heterocycles. The molecule has 92 valence electrons. The number of rotatable bonds is 2. The first-order valence-corrected chi connectivity index (χ1v) is 6.57. The number of H-pyrrole nitrogens is 1. The molecule has 17 heavy (non-hydrogen) atoms. The van der Waals surface area contributed by atoms with Crippen LogP contribution in [0.25, 0.3) is 10.9 Å². The lowest BCUT2D eigenvalue weighted by Crippen LogP contribution is -2.05. The van der Waals surface area contributed by atoms with Crippen molar-refractivity contribution in [2.45, 2.75) is 33.6 Å². The molecule has 0 spiro atoms. The van der Waals surface area contributed by atoms with E-state index in [1.165, 1.54) is 5.56 Å². The van der Waals surface area contributed by atoms with Gasteiger partial charge in [0.2, 0.25) is 0 Å². The van der Waals surface area contributed by atoms with E-state index in [1.807, 2.05) is 12.3 Å². The van der Waals surface area contributed by atoms with E-state index in [9.17, 15) is 0 Å². The third-order valence-electron chi connectivity index (χ3n) is 2.94. The van der Waals surface area contributed by atoms with Gasteiger partial charge in [0.1, 0.15) is 0 Å². The molecule has 1 aromatic heterocycles. The first-order valence-electron chi connectivity index (χ1n) is 5.82. The summed E-state index contributed by atoms with van der Waals surface area (Å²) >= 11 is 12.2. The van der Waals surface area contributed by atoms with E-state index in [4.69, 9.17) is 23.2 Å². The zero-order valence-electron chi connectivity index (χ0n) is 10.4. The van der Waals surface area contributed by atoms with Crippen molar-refractivity contribution in [3.63, 3.8) is 0 Å². The molecule has 0 aliphatic heterocycles. The minimum absolute atomic E-state index is 0.339. The summed E-state index contributed by atoms with van der Waals surface area (Å²) in [4.78, 5) is 3.23. The average Bonchev–Trinajstić information content (AvgIpc) is 2.57. The number of aromatic nitrogens is 1. The first-order chi connectivity index (χ1) is 7.87. The van der Waals surface area contributed by atoms with E-state index in [2.05, 4.69) is 25.8 Å². The van der Waals surface area contributed by atoms with Crippen molar-refractivity contribution in [1.82, 2.24) is 4.98 Å². The highest BCUT2D eigenvalue weighted by Crippen LogP contribution is 2.31. The van der Waals surface area contributed by atoms with Gasteiger partial charge >= 0.3 is 0 Å². The maximum atomic E-state index is 6.15. The van der Waals surface area contributed by atoms with Gasteiger partial charge in [-0.25, -0.2) is 0 Å². The monoisotopic (exact) mass is 269 g/mol. The number of nitrogens with one attached hydrogen (secondary N) is 1. The van der Waals surface area contributed by atoms with Gasteiger partial charge in [0, 0.05) is 16.6 Å². The fraction of sp³-hybridized carbons (Fsp3) is 0.429. The fourth-order valence-electron chi connectivity index (χ4n) is 1.93. The third kappa shape index (κ3) is 2.97. The minimum Gasteiger partial charge on any atom is -0.360 e. The Balaban J connectivity index is 2.36. The molecule has 0 saturated heterocycles. The number of fused-ring (bicyclic) bond motifs is 1. The molecule has 0 aliphatic carbocycles. The molecule has 1 nitrogen and oxygen atoms in total. The Morgan fingerprint density at radius 2 is 1.88 bits per heavy atom. The summed E-state index contributed by atoms with van der Waals surface area (Å²) in [6.45, 7) is 6.76. The van der Waals surface area contributed by atoms with Gasteiger partial charge in [-0.05, 0) is 36.0 Å². The number of aromatic amines is 1. The van der Waals surface area contributed by atoms with E-state index in [0.717, 1.165) is 23.7 Å². The van der Waals surface area contributed by atoms with Crippen LogP contribution in [-0.2, 0) is 6.42 Å². The maximum Gasteiger partial charge on any atom is 0.0661 e.